The summed E-state index contributed by atoms with van der Waals surface area (Å²) in [5.74, 6) is 1.40. The van der Waals surface area contributed by atoms with Crippen LogP contribution in [0.2, 0.25) is 0 Å². The van der Waals surface area contributed by atoms with E-state index in [4.69, 9.17) is 5.73 Å². The van der Waals surface area contributed by atoms with E-state index in [-0.39, 0.29) is 0 Å². The van der Waals surface area contributed by atoms with Gasteiger partial charge in [-0.05, 0) is 12.8 Å². The van der Waals surface area contributed by atoms with Gasteiger partial charge in [-0.15, -0.1) is 0 Å². The zero-order valence-electron chi connectivity index (χ0n) is 8.54. The van der Waals surface area contributed by atoms with Crippen molar-refractivity contribution in [3.8, 4) is 0 Å². The molecule has 0 radical (unpaired) electrons. The van der Waals surface area contributed by atoms with Gasteiger partial charge in [-0.2, -0.15) is 5.10 Å². The number of hydrogen-bond donors (Lipinski definition) is 2. The zero-order chi connectivity index (χ0) is 9.84. The van der Waals surface area contributed by atoms with Crippen LogP contribution >= 0.6 is 0 Å². The summed E-state index contributed by atoms with van der Waals surface area (Å²) in [7, 11) is 0. The SMILES string of the molecule is CCn1cc(N)c(NCC(C)C)n1. The molecule has 1 aromatic heterocycles. The van der Waals surface area contributed by atoms with Gasteiger partial charge in [0.1, 0.15) is 0 Å². The van der Waals surface area contributed by atoms with E-state index in [1.807, 2.05) is 17.8 Å². The van der Waals surface area contributed by atoms with Crippen molar-refractivity contribution in [2.24, 2.45) is 5.92 Å². The molecule has 0 atom stereocenters. The Kier molecular flexibility index (Phi) is 3.17. The zero-order valence-corrected chi connectivity index (χ0v) is 8.54. The topological polar surface area (TPSA) is 55.9 Å². The quantitative estimate of drug-likeness (QED) is 0.743. The highest BCUT2D eigenvalue weighted by Crippen LogP contribution is 2.15. The third kappa shape index (κ3) is 2.65. The summed E-state index contributed by atoms with van der Waals surface area (Å²) in [6.07, 6.45) is 1.85. The Morgan fingerprint density at radius 2 is 2.31 bits per heavy atom. The Morgan fingerprint density at radius 1 is 1.62 bits per heavy atom. The summed E-state index contributed by atoms with van der Waals surface area (Å²) >= 11 is 0. The van der Waals surface area contributed by atoms with Gasteiger partial charge in [0.2, 0.25) is 0 Å². The first-order valence-corrected chi connectivity index (χ1v) is 4.70. The van der Waals surface area contributed by atoms with Gasteiger partial charge in [-0.3, -0.25) is 4.68 Å². The molecule has 4 heteroatoms. The van der Waals surface area contributed by atoms with Gasteiger partial charge in [-0.1, -0.05) is 13.8 Å². The number of nitrogens with two attached hydrogens (primary N) is 1. The lowest BCUT2D eigenvalue weighted by molar-refractivity contribution is 0.652. The second kappa shape index (κ2) is 4.16. The maximum Gasteiger partial charge on any atom is 0.171 e. The van der Waals surface area contributed by atoms with Crippen molar-refractivity contribution < 1.29 is 0 Å². The molecule has 0 saturated carbocycles. The number of aryl methyl sites for hydroxylation is 1. The maximum atomic E-state index is 5.76. The molecule has 0 aliphatic carbocycles. The first-order chi connectivity index (χ1) is 6.13. The Labute approximate surface area is 79.1 Å². The normalized spacial score (nSPS) is 10.8. The molecule has 74 valence electrons. The van der Waals surface area contributed by atoms with Crippen LogP contribution in [0.1, 0.15) is 20.8 Å². The third-order valence-corrected chi connectivity index (χ3v) is 1.79. The number of hydrogen-bond acceptors (Lipinski definition) is 3. The van der Waals surface area contributed by atoms with Crippen LogP contribution in [0, 0.1) is 5.92 Å². The van der Waals surface area contributed by atoms with E-state index in [9.17, 15) is 0 Å². The summed E-state index contributed by atoms with van der Waals surface area (Å²) in [6, 6.07) is 0. The molecule has 1 heterocycles. The molecule has 0 aliphatic rings. The summed E-state index contributed by atoms with van der Waals surface area (Å²) < 4.78 is 1.83. The van der Waals surface area contributed by atoms with Gasteiger partial charge in [0.25, 0.3) is 0 Å². The molecule has 0 spiro atoms. The molecule has 3 N–H and O–H groups in total. The van der Waals surface area contributed by atoms with Crippen molar-refractivity contribution in [1.29, 1.82) is 0 Å². The average molecular weight is 182 g/mol. The highest BCUT2D eigenvalue weighted by molar-refractivity contribution is 5.59. The number of nitrogen functional groups attached to an aromatic ring is 1. The van der Waals surface area contributed by atoms with Crippen LogP contribution in [0.5, 0.6) is 0 Å². The molecule has 1 rings (SSSR count). The van der Waals surface area contributed by atoms with Crippen molar-refractivity contribution in [1.82, 2.24) is 9.78 Å². The van der Waals surface area contributed by atoms with Crippen LogP contribution in [0.25, 0.3) is 0 Å². The van der Waals surface area contributed by atoms with E-state index >= 15 is 0 Å². The Bertz CT molecular complexity index is 265. The smallest absolute Gasteiger partial charge is 0.171 e. The van der Waals surface area contributed by atoms with Crippen LogP contribution < -0.4 is 11.1 Å². The minimum Gasteiger partial charge on any atom is -0.394 e. The lowest BCUT2D eigenvalue weighted by Crippen LogP contribution is -2.09. The monoisotopic (exact) mass is 182 g/mol. The summed E-state index contributed by atoms with van der Waals surface area (Å²) in [5, 5.41) is 7.49. The summed E-state index contributed by atoms with van der Waals surface area (Å²) in [4.78, 5) is 0. The van der Waals surface area contributed by atoms with Crippen molar-refractivity contribution >= 4 is 11.5 Å². The molecular formula is C9H18N4. The van der Waals surface area contributed by atoms with E-state index in [0.717, 1.165) is 24.6 Å². The average Bonchev–Trinajstić information content (AvgIpc) is 2.43. The molecule has 0 aromatic carbocycles. The number of nitrogens with one attached hydrogen (secondary N) is 1. The van der Waals surface area contributed by atoms with Gasteiger partial charge in [0.15, 0.2) is 5.82 Å². The van der Waals surface area contributed by atoms with Gasteiger partial charge in [0, 0.05) is 13.1 Å². The molecule has 13 heavy (non-hydrogen) atoms. The molecular weight excluding hydrogens is 164 g/mol. The second-order valence-electron chi connectivity index (χ2n) is 3.56. The van der Waals surface area contributed by atoms with Gasteiger partial charge in [-0.25, -0.2) is 0 Å². The van der Waals surface area contributed by atoms with Gasteiger partial charge in [0.05, 0.1) is 11.9 Å². The molecule has 0 aliphatic heterocycles. The summed E-state index contributed by atoms with van der Waals surface area (Å²) in [5.41, 5.74) is 6.48. The predicted octanol–water partition coefficient (Wildman–Crippen LogP) is 1.55. The van der Waals surface area contributed by atoms with E-state index in [0.29, 0.717) is 5.92 Å². The lowest BCUT2D eigenvalue weighted by Gasteiger charge is -2.05. The first kappa shape index (κ1) is 9.89. The van der Waals surface area contributed by atoms with Gasteiger partial charge >= 0.3 is 0 Å². The summed E-state index contributed by atoms with van der Waals surface area (Å²) in [6.45, 7) is 8.11. The predicted molar refractivity (Wildman–Crippen MR) is 55.6 cm³/mol. The Hall–Kier alpha value is -1.19. The molecule has 0 saturated heterocycles. The Balaban J connectivity index is 2.60. The highest BCUT2D eigenvalue weighted by atomic mass is 15.3. The van der Waals surface area contributed by atoms with Crippen LogP contribution in [0.15, 0.2) is 6.20 Å². The molecule has 0 bridgehead atoms. The minimum atomic E-state index is 0.603. The molecule has 1 aromatic rings. The largest absolute Gasteiger partial charge is 0.394 e. The third-order valence-electron chi connectivity index (χ3n) is 1.79. The molecule has 4 nitrogen and oxygen atoms in total. The Morgan fingerprint density at radius 3 is 2.77 bits per heavy atom. The van der Waals surface area contributed by atoms with E-state index in [1.165, 1.54) is 0 Å². The fourth-order valence-electron chi connectivity index (χ4n) is 1.04. The second-order valence-corrected chi connectivity index (χ2v) is 3.56. The van der Waals surface area contributed by atoms with E-state index < -0.39 is 0 Å². The minimum absolute atomic E-state index is 0.603. The fourth-order valence-corrected chi connectivity index (χ4v) is 1.04. The van der Waals surface area contributed by atoms with Crippen molar-refractivity contribution in [3.05, 3.63) is 6.20 Å². The first-order valence-electron chi connectivity index (χ1n) is 4.70. The van der Waals surface area contributed by atoms with Crippen LogP contribution in [-0.2, 0) is 6.54 Å². The van der Waals surface area contributed by atoms with Crippen molar-refractivity contribution in [2.75, 3.05) is 17.6 Å². The van der Waals surface area contributed by atoms with Crippen LogP contribution in [-0.4, -0.2) is 16.3 Å². The number of aromatic nitrogens is 2. The van der Waals surface area contributed by atoms with Gasteiger partial charge < -0.3 is 11.1 Å². The highest BCUT2D eigenvalue weighted by Gasteiger charge is 2.04. The van der Waals surface area contributed by atoms with E-state index in [1.54, 1.807) is 0 Å². The molecule has 0 fully saturated rings. The van der Waals surface area contributed by atoms with Crippen molar-refractivity contribution in [2.45, 2.75) is 27.3 Å². The number of rotatable bonds is 4. The number of anilines is 2. The fraction of sp³-hybridized carbons (Fsp3) is 0.667. The van der Waals surface area contributed by atoms with Crippen LogP contribution in [0.4, 0.5) is 11.5 Å². The molecule has 0 unspecified atom stereocenters. The molecule has 0 amide bonds. The lowest BCUT2D eigenvalue weighted by atomic mass is 10.2. The maximum absolute atomic E-state index is 5.76. The van der Waals surface area contributed by atoms with Crippen LogP contribution in [0.3, 0.4) is 0 Å². The van der Waals surface area contributed by atoms with E-state index in [2.05, 4.69) is 24.3 Å². The number of nitrogens with zero attached hydrogens (tertiary/aromatic N) is 2. The standard InChI is InChI=1S/C9H18N4/c1-4-13-6-8(10)9(12-13)11-5-7(2)3/h6-7H,4-5,10H2,1-3H3,(H,11,12). The van der Waals surface area contributed by atoms with Crippen molar-refractivity contribution in [3.63, 3.8) is 0 Å².